The number of likely N-dealkylation sites (tertiary alicyclic amines) is 1. The molecule has 2 saturated heterocycles. The summed E-state index contributed by atoms with van der Waals surface area (Å²) in [5.41, 5.74) is -0.144. The van der Waals surface area contributed by atoms with Crippen molar-refractivity contribution in [2.45, 2.75) is 43.5 Å². The third kappa shape index (κ3) is 4.60. The van der Waals surface area contributed by atoms with E-state index in [2.05, 4.69) is 5.32 Å². The Bertz CT molecular complexity index is 1110. The SMILES string of the molecule is COc1ccc(C(=O)N2[C@@H](C(=O)NC3CC3)COC23CCN(C(=O)c2ccc(F)cc2)CC3)cc1. The van der Waals surface area contributed by atoms with Crippen LogP contribution in [0.2, 0.25) is 0 Å². The van der Waals surface area contributed by atoms with E-state index in [1.165, 1.54) is 24.3 Å². The first-order valence-corrected chi connectivity index (χ1v) is 11.9. The molecule has 35 heavy (non-hydrogen) atoms. The highest BCUT2D eigenvalue weighted by Crippen LogP contribution is 2.39. The van der Waals surface area contributed by atoms with Crippen LogP contribution in [-0.2, 0) is 9.53 Å². The minimum absolute atomic E-state index is 0.104. The molecule has 0 radical (unpaired) electrons. The second-order valence-electron chi connectivity index (χ2n) is 9.26. The Hall–Kier alpha value is -3.46. The Kier molecular flexibility index (Phi) is 6.19. The van der Waals surface area contributed by atoms with Crippen LogP contribution in [-0.4, -0.2) is 72.1 Å². The van der Waals surface area contributed by atoms with E-state index in [0.717, 1.165) is 12.8 Å². The highest BCUT2D eigenvalue weighted by Gasteiger charge is 2.54. The van der Waals surface area contributed by atoms with Gasteiger partial charge in [0.2, 0.25) is 5.91 Å². The maximum atomic E-state index is 13.7. The van der Waals surface area contributed by atoms with Gasteiger partial charge in [0.1, 0.15) is 23.3 Å². The fourth-order valence-electron chi connectivity index (χ4n) is 4.80. The molecule has 184 valence electrons. The number of carbonyl (C=O) groups excluding carboxylic acids is 3. The lowest BCUT2D eigenvalue weighted by Crippen LogP contribution is -2.60. The fraction of sp³-hybridized carbons (Fsp3) is 0.423. The van der Waals surface area contributed by atoms with Crippen molar-refractivity contribution in [1.29, 1.82) is 0 Å². The van der Waals surface area contributed by atoms with Gasteiger partial charge in [0, 0.05) is 43.1 Å². The lowest BCUT2D eigenvalue weighted by Gasteiger charge is -2.44. The maximum Gasteiger partial charge on any atom is 0.256 e. The predicted molar refractivity (Wildman–Crippen MR) is 124 cm³/mol. The Balaban J connectivity index is 1.37. The molecule has 1 N–H and O–H groups in total. The number of benzene rings is 2. The summed E-state index contributed by atoms with van der Waals surface area (Å²) in [6.07, 6.45) is 2.62. The number of hydrogen-bond donors (Lipinski definition) is 1. The molecule has 1 atom stereocenters. The largest absolute Gasteiger partial charge is 0.497 e. The third-order valence-corrected chi connectivity index (χ3v) is 6.97. The van der Waals surface area contributed by atoms with Crippen LogP contribution < -0.4 is 10.1 Å². The zero-order valence-electron chi connectivity index (χ0n) is 19.5. The molecule has 5 rings (SSSR count). The van der Waals surface area contributed by atoms with Crippen LogP contribution in [0.5, 0.6) is 5.75 Å². The van der Waals surface area contributed by atoms with Crippen LogP contribution in [0.3, 0.4) is 0 Å². The molecule has 1 spiro atoms. The number of amides is 3. The number of hydrogen-bond acceptors (Lipinski definition) is 5. The average molecular weight is 482 g/mol. The van der Waals surface area contributed by atoms with Crippen molar-refractivity contribution >= 4 is 17.7 Å². The normalized spacial score (nSPS) is 21.1. The molecule has 3 amide bonds. The van der Waals surface area contributed by atoms with Crippen molar-refractivity contribution in [3.8, 4) is 5.75 Å². The van der Waals surface area contributed by atoms with Gasteiger partial charge >= 0.3 is 0 Å². The fourth-order valence-corrected chi connectivity index (χ4v) is 4.80. The summed E-state index contributed by atoms with van der Waals surface area (Å²) in [5, 5.41) is 3.00. The topological polar surface area (TPSA) is 88.2 Å². The Labute approximate surface area is 203 Å². The first kappa shape index (κ1) is 23.3. The summed E-state index contributed by atoms with van der Waals surface area (Å²) in [4.78, 5) is 42.9. The Morgan fingerprint density at radius 2 is 1.57 bits per heavy atom. The van der Waals surface area contributed by atoms with E-state index in [9.17, 15) is 18.8 Å². The quantitative estimate of drug-likeness (QED) is 0.709. The standard InChI is InChI=1S/C26H28FN3O5/c1-34-21-10-4-18(5-11-21)25(33)30-22(23(31)28-20-8-9-20)16-35-26(30)12-14-29(15-13-26)24(32)17-2-6-19(27)7-3-17/h2-7,10-11,20,22H,8-9,12-16H2,1H3,(H,28,31)/t22-/m1/s1. The van der Waals surface area contributed by atoms with Gasteiger partial charge in [0.25, 0.3) is 11.8 Å². The summed E-state index contributed by atoms with van der Waals surface area (Å²) >= 11 is 0. The van der Waals surface area contributed by atoms with E-state index < -0.39 is 17.6 Å². The van der Waals surface area contributed by atoms with Gasteiger partial charge in [-0.2, -0.15) is 0 Å². The lowest BCUT2D eigenvalue weighted by atomic mass is 9.96. The van der Waals surface area contributed by atoms with Crippen LogP contribution in [0.4, 0.5) is 4.39 Å². The van der Waals surface area contributed by atoms with Crippen molar-refractivity contribution in [2.24, 2.45) is 0 Å². The average Bonchev–Trinajstić information content (AvgIpc) is 3.63. The molecule has 2 heterocycles. The van der Waals surface area contributed by atoms with E-state index in [1.807, 2.05) is 0 Å². The van der Waals surface area contributed by atoms with E-state index in [-0.39, 0.29) is 30.4 Å². The number of piperidine rings is 1. The molecular weight excluding hydrogens is 453 g/mol. The van der Waals surface area contributed by atoms with Crippen LogP contribution in [0.1, 0.15) is 46.4 Å². The first-order chi connectivity index (χ1) is 16.9. The van der Waals surface area contributed by atoms with E-state index >= 15 is 0 Å². The van der Waals surface area contributed by atoms with Crippen LogP contribution in [0.25, 0.3) is 0 Å². The van der Waals surface area contributed by atoms with Crippen molar-refractivity contribution in [1.82, 2.24) is 15.1 Å². The molecule has 3 fully saturated rings. The van der Waals surface area contributed by atoms with Crippen molar-refractivity contribution in [3.05, 3.63) is 65.5 Å². The monoisotopic (exact) mass is 481 g/mol. The van der Waals surface area contributed by atoms with Gasteiger partial charge in [0.05, 0.1) is 13.7 Å². The van der Waals surface area contributed by atoms with Crippen LogP contribution in [0.15, 0.2) is 48.5 Å². The zero-order valence-corrected chi connectivity index (χ0v) is 19.5. The van der Waals surface area contributed by atoms with E-state index in [1.54, 1.807) is 41.2 Å². The smallest absolute Gasteiger partial charge is 0.256 e. The number of rotatable bonds is 5. The first-order valence-electron chi connectivity index (χ1n) is 11.9. The Morgan fingerprint density at radius 3 is 2.17 bits per heavy atom. The molecule has 0 bridgehead atoms. The number of methoxy groups -OCH3 is 1. The van der Waals surface area contributed by atoms with Gasteiger partial charge in [-0.15, -0.1) is 0 Å². The molecule has 9 heteroatoms. The summed E-state index contributed by atoms with van der Waals surface area (Å²) in [6.45, 7) is 0.797. The summed E-state index contributed by atoms with van der Waals surface area (Å²) < 4.78 is 24.7. The molecular formula is C26H28FN3O5. The molecule has 8 nitrogen and oxygen atoms in total. The van der Waals surface area contributed by atoms with Gasteiger partial charge < -0.3 is 19.7 Å². The number of nitrogens with one attached hydrogen (secondary N) is 1. The van der Waals surface area contributed by atoms with Crippen LogP contribution in [0, 0.1) is 5.82 Å². The van der Waals surface area contributed by atoms with E-state index in [4.69, 9.17) is 9.47 Å². The van der Waals surface area contributed by atoms with Gasteiger partial charge in [-0.3, -0.25) is 19.3 Å². The molecule has 2 aromatic carbocycles. The second kappa shape index (κ2) is 9.30. The van der Waals surface area contributed by atoms with Crippen molar-refractivity contribution in [3.63, 3.8) is 0 Å². The Morgan fingerprint density at radius 1 is 0.971 bits per heavy atom. The lowest BCUT2D eigenvalue weighted by molar-refractivity contribution is -0.128. The van der Waals surface area contributed by atoms with Crippen molar-refractivity contribution in [2.75, 3.05) is 26.8 Å². The highest BCUT2D eigenvalue weighted by atomic mass is 19.1. The highest BCUT2D eigenvalue weighted by molar-refractivity contribution is 5.99. The van der Waals surface area contributed by atoms with Gasteiger partial charge in [-0.25, -0.2) is 4.39 Å². The second-order valence-corrected chi connectivity index (χ2v) is 9.26. The van der Waals surface area contributed by atoms with Crippen LogP contribution >= 0.6 is 0 Å². The molecule has 1 saturated carbocycles. The van der Waals surface area contributed by atoms with Gasteiger partial charge in [0.15, 0.2) is 0 Å². The minimum Gasteiger partial charge on any atom is -0.497 e. The number of ether oxygens (including phenoxy) is 2. The summed E-state index contributed by atoms with van der Waals surface area (Å²) in [7, 11) is 1.55. The molecule has 1 aliphatic carbocycles. The zero-order chi connectivity index (χ0) is 24.6. The van der Waals surface area contributed by atoms with Crippen molar-refractivity contribution < 1.29 is 28.2 Å². The molecule has 0 aromatic heterocycles. The van der Waals surface area contributed by atoms with Gasteiger partial charge in [-0.1, -0.05) is 0 Å². The summed E-state index contributed by atoms with van der Waals surface area (Å²) in [6, 6.07) is 11.6. The summed E-state index contributed by atoms with van der Waals surface area (Å²) in [5.74, 6) is -0.476. The molecule has 2 aromatic rings. The molecule has 2 aliphatic heterocycles. The number of nitrogens with zero attached hydrogens (tertiary/aromatic N) is 2. The molecule has 0 unspecified atom stereocenters. The molecule has 3 aliphatic rings. The number of carbonyl (C=O) groups is 3. The van der Waals surface area contributed by atoms with E-state index in [0.29, 0.717) is 42.8 Å². The maximum absolute atomic E-state index is 13.7. The predicted octanol–water partition coefficient (Wildman–Crippen LogP) is 2.59. The number of halogens is 1. The minimum atomic E-state index is -0.984. The third-order valence-electron chi connectivity index (χ3n) is 6.97. The van der Waals surface area contributed by atoms with Gasteiger partial charge in [-0.05, 0) is 61.4 Å².